The van der Waals surface area contributed by atoms with Gasteiger partial charge in [-0.15, -0.1) is 0 Å². The monoisotopic (exact) mass is 382 g/mol. The molecule has 1 aliphatic heterocycles. The lowest BCUT2D eigenvalue weighted by atomic mass is 10.1. The third-order valence-corrected chi connectivity index (χ3v) is 5.95. The van der Waals surface area contributed by atoms with Gasteiger partial charge in [0.2, 0.25) is 5.91 Å². The molecule has 2 fully saturated rings. The van der Waals surface area contributed by atoms with Crippen LogP contribution in [0.4, 0.5) is 4.39 Å². The number of nitrogens with zero attached hydrogens (tertiary/aromatic N) is 3. The molecule has 1 atom stereocenters. The van der Waals surface area contributed by atoms with Gasteiger partial charge in [-0.3, -0.25) is 9.59 Å². The molecular weight excluding hydrogens is 359 g/mol. The van der Waals surface area contributed by atoms with E-state index in [9.17, 15) is 14.0 Å². The van der Waals surface area contributed by atoms with Crippen molar-refractivity contribution in [3.63, 3.8) is 0 Å². The van der Waals surface area contributed by atoms with Crippen molar-refractivity contribution in [3.05, 3.63) is 47.0 Å². The highest BCUT2D eigenvalue weighted by molar-refractivity contribution is 5.98. The second kappa shape index (κ2) is 6.72. The van der Waals surface area contributed by atoms with Crippen molar-refractivity contribution >= 4 is 11.8 Å². The van der Waals surface area contributed by atoms with Crippen molar-refractivity contribution in [3.8, 4) is 5.69 Å². The standard InChI is InChI=1S/C21H23FN4O2/c22-15-6-1-2-7-17(15)26-16-8-3-5-14(16)19(24-26)21(28)25-12-4-9-18(25)20(27)23-13-10-11-13/h1-2,6-7,13,18H,3-5,8-12H2,(H,23,27). The summed E-state index contributed by atoms with van der Waals surface area (Å²) in [6, 6.07) is 6.33. The molecule has 5 rings (SSSR count). The van der Waals surface area contributed by atoms with Gasteiger partial charge in [0.25, 0.3) is 5.91 Å². The number of carbonyl (C=O) groups excluding carboxylic acids is 2. The average molecular weight is 382 g/mol. The number of carbonyl (C=O) groups is 2. The van der Waals surface area contributed by atoms with E-state index in [1.54, 1.807) is 27.8 Å². The summed E-state index contributed by atoms with van der Waals surface area (Å²) >= 11 is 0. The van der Waals surface area contributed by atoms with Crippen LogP contribution in [0.1, 0.15) is 53.8 Å². The van der Waals surface area contributed by atoms with Crippen LogP contribution in [0.5, 0.6) is 0 Å². The number of amides is 2. The van der Waals surface area contributed by atoms with Crippen LogP contribution in [0.2, 0.25) is 0 Å². The smallest absolute Gasteiger partial charge is 0.275 e. The fraction of sp³-hybridized carbons (Fsp3) is 0.476. The molecule has 2 amide bonds. The van der Waals surface area contributed by atoms with Gasteiger partial charge in [0.15, 0.2) is 5.69 Å². The van der Waals surface area contributed by atoms with Crippen LogP contribution >= 0.6 is 0 Å². The first-order valence-electron chi connectivity index (χ1n) is 10.1. The Balaban J connectivity index is 1.47. The largest absolute Gasteiger partial charge is 0.352 e. The minimum Gasteiger partial charge on any atom is -0.352 e. The van der Waals surface area contributed by atoms with E-state index in [0.717, 1.165) is 49.8 Å². The summed E-state index contributed by atoms with van der Waals surface area (Å²) in [5, 5.41) is 7.54. The second-order valence-corrected chi connectivity index (χ2v) is 7.93. The summed E-state index contributed by atoms with van der Waals surface area (Å²) in [5.41, 5.74) is 2.55. The molecule has 1 unspecified atom stereocenters. The van der Waals surface area contributed by atoms with Crippen LogP contribution in [0.25, 0.3) is 5.69 Å². The van der Waals surface area contributed by atoms with Gasteiger partial charge < -0.3 is 10.2 Å². The zero-order valence-electron chi connectivity index (χ0n) is 15.7. The lowest BCUT2D eigenvalue weighted by molar-refractivity contribution is -0.125. The molecule has 2 aromatic rings. The molecular formula is C21H23FN4O2. The Morgan fingerprint density at radius 2 is 1.93 bits per heavy atom. The summed E-state index contributed by atoms with van der Waals surface area (Å²) in [5.74, 6) is -0.623. The number of benzene rings is 1. The van der Waals surface area contributed by atoms with E-state index < -0.39 is 6.04 Å². The van der Waals surface area contributed by atoms with Gasteiger partial charge in [-0.2, -0.15) is 5.10 Å². The first-order valence-corrected chi connectivity index (χ1v) is 10.1. The molecule has 7 heteroatoms. The maximum absolute atomic E-state index is 14.3. The van der Waals surface area contributed by atoms with Gasteiger partial charge in [-0.1, -0.05) is 12.1 Å². The quantitative estimate of drug-likeness (QED) is 0.883. The number of fused-ring (bicyclic) bond motifs is 1. The molecule has 1 N–H and O–H groups in total. The molecule has 2 aliphatic carbocycles. The highest BCUT2D eigenvalue weighted by atomic mass is 19.1. The van der Waals surface area contributed by atoms with Crippen LogP contribution in [0.3, 0.4) is 0 Å². The molecule has 0 bridgehead atoms. The Bertz CT molecular complexity index is 950. The summed E-state index contributed by atoms with van der Waals surface area (Å²) in [6.07, 6.45) is 5.99. The van der Waals surface area contributed by atoms with Crippen molar-refractivity contribution < 1.29 is 14.0 Å². The molecule has 1 saturated heterocycles. The predicted octanol–water partition coefficient (Wildman–Crippen LogP) is 2.38. The summed E-state index contributed by atoms with van der Waals surface area (Å²) in [4.78, 5) is 27.6. The van der Waals surface area contributed by atoms with E-state index in [-0.39, 0.29) is 23.7 Å². The average Bonchev–Trinajstić information content (AvgIpc) is 3.12. The van der Waals surface area contributed by atoms with E-state index in [1.807, 2.05) is 0 Å². The van der Waals surface area contributed by atoms with Crippen LogP contribution in [0, 0.1) is 5.82 Å². The lowest BCUT2D eigenvalue weighted by Gasteiger charge is -2.23. The first kappa shape index (κ1) is 17.4. The second-order valence-electron chi connectivity index (χ2n) is 7.93. The number of halogens is 1. The number of nitrogens with one attached hydrogen (secondary N) is 1. The normalized spacial score (nSPS) is 21.0. The third kappa shape index (κ3) is 2.89. The number of rotatable bonds is 4. The fourth-order valence-corrected chi connectivity index (χ4v) is 4.38. The molecule has 146 valence electrons. The zero-order valence-corrected chi connectivity index (χ0v) is 15.7. The molecule has 1 aromatic carbocycles. The molecule has 6 nitrogen and oxygen atoms in total. The lowest BCUT2D eigenvalue weighted by Crippen LogP contribution is -2.46. The van der Waals surface area contributed by atoms with E-state index in [2.05, 4.69) is 10.4 Å². The maximum Gasteiger partial charge on any atom is 0.275 e. The molecule has 2 heterocycles. The van der Waals surface area contributed by atoms with Crippen molar-refractivity contribution in [1.82, 2.24) is 20.0 Å². The number of hydrogen-bond acceptors (Lipinski definition) is 3. The topological polar surface area (TPSA) is 67.2 Å². The van der Waals surface area contributed by atoms with Gasteiger partial charge in [0, 0.05) is 23.8 Å². The van der Waals surface area contributed by atoms with Crippen molar-refractivity contribution in [1.29, 1.82) is 0 Å². The SMILES string of the molecule is O=C(NC1CC1)C1CCCN1C(=O)c1nn(-c2ccccc2F)c2c1CCC2. The number of hydrogen-bond donors (Lipinski definition) is 1. The Morgan fingerprint density at radius 3 is 2.71 bits per heavy atom. The van der Waals surface area contributed by atoms with Gasteiger partial charge >= 0.3 is 0 Å². The maximum atomic E-state index is 14.3. The Labute approximate surface area is 162 Å². The molecule has 3 aliphatic rings. The predicted molar refractivity (Wildman–Crippen MR) is 101 cm³/mol. The number of likely N-dealkylation sites (tertiary alicyclic amines) is 1. The Kier molecular flexibility index (Phi) is 4.18. The van der Waals surface area contributed by atoms with E-state index in [0.29, 0.717) is 24.3 Å². The molecule has 1 saturated carbocycles. The summed E-state index contributed by atoms with van der Waals surface area (Å²) in [6.45, 7) is 0.558. The first-order chi connectivity index (χ1) is 13.6. The van der Waals surface area contributed by atoms with Gasteiger partial charge in [-0.25, -0.2) is 9.07 Å². The van der Waals surface area contributed by atoms with Crippen LogP contribution in [0.15, 0.2) is 24.3 Å². The molecule has 28 heavy (non-hydrogen) atoms. The van der Waals surface area contributed by atoms with Crippen molar-refractivity contribution in [2.45, 2.75) is 57.0 Å². The highest BCUT2D eigenvalue weighted by Crippen LogP contribution is 2.31. The Hall–Kier alpha value is -2.70. The van der Waals surface area contributed by atoms with E-state index in [4.69, 9.17) is 0 Å². The number of para-hydroxylation sites is 1. The van der Waals surface area contributed by atoms with Crippen LogP contribution in [-0.2, 0) is 17.6 Å². The van der Waals surface area contributed by atoms with Crippen molar-refractivity contribution in [2.75, 3.05) is 6.54 Å². The molecule has 0 spiro atoms. The van der Waals surface area contributed by atoms with Crippen LogP contribution in [-0.4, -0.2) is 45.1 Å². The minimum atomic E-state index is -0.427. The van der Waals surface area contributed by atoms with Gasteiger partial charge in [0.05, 0.1) is 0 Å². The molecule has 1 aromatic heterocycles. The fourth-order valence-electron chi connectivity index (χ4n) is 4.38. The third-order valence-electron chi connectivity index (χ3n) is 5.95. The molecule has 0 radical (unpaired) electrons. The van der Waals surface area contributed by atoms with Crippen LogP contribution < -0.4 is 5.32 Å². The van der Waals surface area contributed by atoms with Gasteiger partial charge in [-0.05, 0) is 57.1 Å². The van der Waals surface area contributed by atoms with E-state index in [1.165, 1.54) is 6.07 Å². The van der Waals surface area contributed by atoms with Crippen molar-refractivity contribution in [2.24, 2.45) is 0 Å². The highest BCUT2D eigenvalue weighted by Gasteiger charge is 2.39. The van der Waals surface area contributed by atoms with E-state index >= 15 is 0 Å². The number of aromatic nitrogens is 2. The summed E-state index contributed by atoms with van der Waals surface area (Å²) < 4.78 is 15.9. The zero-order chi connectivity index (χ0) is 19.3. The Morgan fingerprint density at radius 1 is 1.11 bits per heavy atom. The van der Waals surface area contributed by atoms with Gasteiger partial charge in [0.1, 0.15) is 17.5 Å². The minimum absolute atomic E-state index is 0.0569. The summed E-state index contributed by atoms with van der Waals surface area (Å²) in [7, 11) is 0.